The molecule has 0 bridgehead atoms. The molecule has 166 valence electrons. The van der Waals surface area contributed by atoms with Gasteiger partial charge in [0.1, 0.15) is 4.90 Å². The first kappa shape index (κ1) is 26.2. The molecule has 5 N–H and O–H groups in total. The number of anilines is 1. The van der Waals surface area contributed by atoms with Crippen LogP contribution in [0.5, 0.6) is 5.75 Å². The van der Waals surface area contributed by atoms with E-state index in [0.717, 1.165) is 18.2 Å². The fraction of sp³-hybridized carbons (Fsp3) is 0.133. The number of amides is 1. The van der Waals surface area contributed by atoms with E-state index in [2.05, 4.69) is 21.2 Å². The third-order valence-corrected chi connectivity index (χ3v) is 7.67. The van der Waals surface area contributed by atoms with Crippen LogP contribution in [-0.4, -0.2) is 46.3 Å². The normalized spacial score (nSPS) is 12.0. The van der Waals surface area contributed by atoms with Crippen LogP contribution in [-0.2, 0) is 24.8 Å². The van der Waals surface area contributed by atoms with E-state index in [4.69, 9.17) is 12.7 Å². The molecule has 0 spiro atoms. The Bertz CT molecular complexity index is 1100. The van der Waals surface area contributed by atoms with Crippen LogP contribution in [0.2, 0.25) is 0 Å². The van der Waals surface area contributed by atoms with E-state index in [1.54, 1.807) is 0 Å². The monoisotopic (exact) mass is 579 g/mol. The molecule has 9 nitrogen and oxygen atoms in total. The second kappa shape index (κ2) is 9.54. The summed E-state index contributed by atoms with van der Waals surface area (Å²) in [6.45, 7) is 1.26. The number of carbonyl (C=O) groups is 1. The zero-order valence-corrected chi connectivity index (χ0v) is 19.0. The summed E-state index contributed by atoms with van der Waals surface area (Å²) >= 11 is -2.20. The van der Waals surface area contributed by atoms with Crippen molar-refractivity contribution >= 4 is 56.2 Å². The van der Waals surface area contributed by atoms with Gasteiger partial charge in [-0.2, -0.15) is 21.6 Å². The van der Waals surface area contributed by atoms with Crippen molar-refractivity contribution in [2.75, 3.05) is 5.32 Å². The minimum absolute atomic E-state index is 0.0899. The molecule has 0 aliphatic rings. The first-order valence-electron chi connectivity index (χ1n) is 7.45. The Hall–Kier alpha value is -1.83. The Balaban J connectivity index is 0.000000303. The fourth-order valence-electron chi connectivity index (χ4n) is 2.00. The van der Waals surface area contributed by atoms with Gasteiger partial charge in [-0.05, 0) is 12.1 Å². The number of carbonyl (C=O) groups excluding carboxylic acids is 1. The van der Waals surface area contributed by atoms with E-state index in [0.29, 0.717) is 12.1 Å². The molecule has 0 aliphatic carbocycles. The fourth-order valence-corrected chi connectivity index (χ4v) is 5.58. The average Bonchev–Trinajstić information content (AvgIpc) is 2.57. The van der Waals surface area contributed by atoms with E-state index in [1.807, 2.05) is 0 Å². The molecular formula is C15H14AsBrF3NO8S. The van der Waals surface area contributed by atoms with Crippen LogP contribution in [0, 0.1) is 0 Å². The van der Waals surface area contributed by atoms with Crippen molar-refractivity contribution in [3.8, 4) is 5.75 Å². The van der Waals surface area contributed by atoms with Crippen LogP contribution in [0.1, 0.15) is 12.5 Å². The standard InChI is InChI=1S/C8H9AsBrNO5.C7H5F3O3S/c1-4(12)11-6-3-2-5(9(14,15)16)7(10)8(6)13;8-7(9,10)5-3-1-2-4-6(5)14(11,12)13/h2-3,13H,1H3,(H,11,12)(H2,14,15,16);1-4H,(H,11,12,13). The predicted molar refractivity (Wildman–Crippen MR) is 102 cm³/mol. The summed E-state index contributed by atoms with van der Waals surface area (Å²) in [5.74, 6) is -0.797. The van der Waals surface area contributed by atoms with Gasteiger partial charge in [-0.15, -0.1) is 0 Å². The quantitative estimate of drug-likeness (QED) is 0.208. The van der Waals surface area contributed by atoms with Gasteiger partial charge in [0.25, 0.3) is 10.1 Å². The number of hydrogen-bond donors (Lipinski definition) is 5. The molecule has 0 aromatic heterocycles. The Morgan fingerprint density at radius 2 is 1.67 bits per heavy atom. The van der Waals surface area contributed by atoms with Gasteiger partial charge in [0, 0.05) is 0 Å². The number of aromatic hydroxyl groups is 1. The molecule has 0 unspecified atom stereocenters. The Kier molecular flexibility index (Phi) is 8.33. The summed E-state index contributed by atoms with van der Waals surface area (Å²) < 4.78 is 94.9. The summed E-state index contributed by atoms with van der Waals surface area (Å²) in [5.41, 5.74) is -1.28. The number of rotatable bonds is 3. The van der Waals surface area contributed by atoms with Crippen LogP contribution in [0.25, 0.3) is 0 Å². The van der Waals surface area contributed by atoms with Crippen molar-refractivity contribution in [1.82, 2.24) is 0 Å². The van der Waals surface area contributed by atoms with E-state index in [1.165, 1.54) is 13.0 Å². The number of alkyl halides is 3. The summed E-state index contributed by atoms with van der Waals surface area (Å²) in [6, 6.07) is 5.81. The molecule has 0 saturated carbocycles. The maximum Gasteiger partial charge on any atom is 0.417 e. The third-order valence-electron chi connectivity index (χ3n) is 3.19. The van der Waals surface area contributed by atoms with Gasteiger partial charge in [0.15, 0.2) is 0 Å². The molecule has 0 atom stereocenters. The first-order valence-corrected chi connectivity index (χ1v) is 13.1. The molecule has 15 heteroatoms. The van der Waals surface area contributed by atoms with Crippen LogP contribution >= 0.6 is 15.9 Å². The van der Waals surface area contributed by atoms with Crippen molar-refractivity contribution in [2.45, 2.75) is 18.0 Å². The van der Waals surface area contributed by atoms with Crippen molar-refractivity contribution in [3.05, 3.63) is 46.4 Å². The minimum Gasteiger partial charge on any atom is -0.282 e. The predicted octanol–water partition coefficient (Wildman–Crippen LogP) is 1.63. The number of halogens is 4. The van der Waals surface area contributed by atoms with Gasteiger partial charge in [0.05, 0.1) is 5.56 Å². The zero-order valence-electron chi connectivity index (χ0n) is 14.8. The van der Waals surface area contributed by atoms with Crippen molar-refractivity contribution in [3.63, 3.8) is 0 Å². The molecule has 2 aromatic rings. The van der Waals surface area contributed by atoms with E-state index >= 15 is 0 Å². The molecule has 0 saturated heterocycles. The number of phenolic OH excluding ortho intramolecular Hbond substituents is 1. The van der Waals surface area contributed by atoms with Gasteiger partial charge in [-0.3, -0.25) is 4.55 Å². The topological polar surface area (TPSA) is 161 Å². The van der Waals surface area contributed by atoms with Gasteiger partial charge in [0.2, 0.25) is 0 Å². The smallest absolute Gasteiger partial charge is 0.282 e. The van der Waals surface area contributed by atoms with Gasteiger partial charge >= 0.3 is 109 Å². The largest absolute Gasteiger partial charge is 0.417 e. The SMILES string of the molecule is CC(=O)Nc1ccc([As](=O)(O)O)c(Br)c1O.O=S(=O)(O)c1ccccc1C(F)(F)F. The molecule has 0 radical (unpaired) electrons. The van der Waals surface area contributed by atoms with Crippen LogP contribution in [0.3, 0.4) is 0 Å². The Labute approximate surface area is 179 Å². The molecule has 0 fully saturated rings. The van der Waals surface area contributed by atoms with Crippen LogP contribution < -0.4 is 9.67 Å². The molecule has 0 aliphatic heterocycles. The number of phenols is 1. The minimum atomic E-state index is -5.08. The maximum atomic E-state index is 12.2. The first-order chi connectivity index (χ1) is 13.5. The molecule has 30 heavy (non-hydrogen) atoms. The third kappa shape index (κ3) is 7.14. The molecule has 2 aromatic carbocycles. The van der Waals surface area contributed by atoms with E-state index in [-0.39, 0.29) is 14.5 Å². The number of hydrogen-bond acceptors (Lipinski definition) is 5. The van der Waals surface area contributed by atoms with Crippen LogP contribution in [0.15, 0.2) is 45.8 Å². The molecule has 2 rings (SSSR count). The second-order valence-electron chi connectivity index (χ2n) is 5.49. The Morgan fingerprint density at radius 3 is 2.07 bits per heavy atom. The molecular weight excluding hydrogens is 566 g/mol. The van der Waals surface area contributed by atoms with Crippen molar-refractivity contribution < 1.29 is 48.0 Å². The summed E-state index contributed by atoms with van der Waals surface area (Å²) in [6.07, 6.45) is -4.80. The second-order valence-corrected chi connectivity index (χ2v) is 11.0. The van der Waals surface area contributed by atoms with Crippen molar-refractivity contribution in [1.29, 1.82) is 0 Å². The van der Waals surface area contributed by atoms with Crippen LogP contribution in [0.4, 0.5) is 18.9 Å². The molecule has 1 amide bonds. The summed E-state index contributed by atoms with van der Waals surface area (Å²) in [7, 11) is -4.84. The Morgan fingerprint density at radius 1 is 1.13 bits per heavy atom. The average molecular weight is 580 g/mol. The zero-order chi connectivity index (χ0) is 23.5. The number of benzene rings is 2. The summed E-state index contributed by atoms with van der Waals surface area (Å²) in [4.78, 5) is 9.64. The van der Waals surface area contributed by atoms with E-state index < -0.39 is 52.6 Å². The van der Waals surface area contributed by atoms with E-state index in [9.17, 15) is 35.2 Å². The van der Waals surface area contributed by atoms with Crippen molar-refractivity contribution in [2.24, 2.45) is 0 Å². The number of nitrogens with one attached hydrogen (secondary N) is 1. The van der Waals surface area contributed by atoms with Gasteiger partial charge in [-0.1, -0.05) is 12.1 Å². The van der Waals surface area contributed by atoms with Gasteiger partial charge in [-0.25, -0.2) is 0 Å². The maximum absolute atomic E-state index is 12.2. The molecule has 0 heterocycles. The van der Waals surface area contributed by atoms with Gasteiger partial charge < -0.3 is 0 Å². The summed E-state index contributed by atoms with van der Waals surface area (Å²) in [5, 5.41) is 11.9.